The maximum absolute atomic E-state index is 12.5. The number of aromatic nitrogens is 1. The topological polar surface area (TPSA) is 30.0 Å². The number of ketones is 1. The van der Waals surface area contributed by atoms with Crippen LogP contribution in [0.3, 0.4) is 0 Å². The van der Waals surface area contributed by atoms with Crippen molar-refractivity contribution < 1.29 is 4.79 Å². The van der Waals surface area contributed by atoms with Crippen LogP contribution < -0.4 is 0 Å². The van der Waals surface area contributed by atoms with Crippen LogP contribution in [-0.4, -0.2) is 10.8 Å². The van der Waals surface area contributed by atoms with Gasteiger partial charge in [0.15, 0.2) is 5.78 Å². The molecule has 0 radical (unpaired) electrons. The van der Waals surface area contributed by atoms with Crippen molar-refractivity contribution in [1.29, 1.82) is 0 Å². The van der Waals surface area contributed by atoms with E-state index in [1.165, 1.54) is 0 Å². The molecule has 1 aromatic heterocycles. The Hall–Kier alpha value is -1.96. The molecule has 2 nitrogen and oxygen atoms in total. The molecule has 0 N–H and O–H groups in total. The minimum Gasteiger partial charge on any atom is -0.289 e. The second kappa shape index (κ2) is 4.73. The summed E-state index contributed by atoms with van der Waals surface area (Å²) < 4.78 is 0. The summed E-state index contributed by atoms with van der Waals surface area (Å²) in [6, 6.07) is 9.65. The molecule has 2 heteroatoms. The molecule has 1 aromatic carbocycles. The lowest BCUT2D eigenvalue weighted by atomic mass is 9.97. The van der Waals surface area contributed by atoms with Gasteiger partial charge < -0.3 is 0 Å². The van der Waals surface area contributed by atoms with E-state index in [2.05, 4.69) is 4.98 Å². The lowest BCUT2D eigenvalue weighted by molar-refractivity contribution is 0.103. The molecule has 0 aliphatic rings. The molecule has 2 rings (SSSR count). The lowest BCUT2D eigenvalue weighted by Crippen LogP contribution is -2.05. The van der Waals surface area contributed by atoms with E-state index in [9.17, 15) is 4.79 Å². The van der Waals surface area contributed by atoms with Gasteiger partial charge in [-0.25, -0.2) is 0 Å². The number of rotatable bonds is 2. The van der Waals surface area contributed by atoms with Gasteiger partial charge in [0, 0.05) is 22.5 Å². The molecule has 0 unspecified atom stereocenters. The Morgan fingerprint density at radius 3 is 2.17 bits per heavy atom. The van der Waals surface area contributed by atoms with Crippen LogP contribution in [0.1, 0.15) is 38.4 Å². The normalized spacial score (nSPS) is 10.4. The van der Waals surface area contributed by atoms with E-state index in [-0.39, 0.29) is 5.78 Å². The number of benzene rings is 1. The summed E-state index contributed by atoms with van der Waals surface area (Å²) in [6.45, 7) is 7.78. The highest BCUT2D eigenvalue weighted by atomic mass is 16.1. The van der Waals surface area contributed by atoms with E-state index >= 15 is 0 Å². The van der Waals surface area contributed by atoms with Gasteiger partial charge in [0.05, 0.1) is 0 Å². The van der Waals surface area contributed by atoms with Crippen molar-refractivity contribution in [1.82, 2.24) is 4.98 Å². The van der Waals surface area contributed by atoms with Gasteiger partial charge in [-0.1, -0.05) is 17.7 Å². The van der Waals surface area contributed by atoms with Crippen LogP contribution in [0.4, 0.5) is 0 Å². The van der Waals surface area contributed by atoms with Crippen LogP contribution >= 0.6 is 0 Å². The average molecular weight is 239 g/mol. The number of pyridine rings is 1. The lowest BCUT2D eigenvalue weighted by Gasteiger charge is -2.07. The van der Waals surface area contributed by atoms with Crippen molar-refractivity contribution in [2.75, 3.05) is 0 Å². The first-order valence-electron chi connectivity index (χ1n) is 6.04. The zero-order chi connectivity index (χ0) is 13.3. The summed E-state index contributed by atoms with van der Waals surface area (Å²) in [7, 11) is 0. The Labute approximate surface area is 108 Å². The summed E-state index contributed by atoms with van der Waals surface area (Å²) >= 11 is 0. The van der Waals surface area contributed by atoms with Crippen LogP contribution in [0.2, 0.25) is 0 Å². The molecule has 0 aliphatic heterocycles. The quantitative estimate of drug-likeness (QED) is 0.750. The van der Waals surface area contributed by atoms with Gasteiger partial charge in [0.25, 0.3) is 0 Å². The fourth-order valence-electron chi connectivity index (χ4n) is 2.10. The zero-order valence-electron chi connectivity index (χ0n) is 11.2. The van der Waals surface area contributed by atoms with E-state index in [0.717, 1.165) is 28.1 Å². The second-order valence-corrected chi connectivity index (χ2v) is 4.79. The van der Waals surface area contributed by atoms with Gasteiger partial charge >= 0.3 is 0 Å². The molecule has 0 fully saturated rings. The van der Waals surface area contributed by atoms with Gasteiger partial charge in [-0.2, -0.15) is 0 Å². The molecule has 0 amide bonds. The van der Waals surface area contributed by atoms with E-state index in [1.54, 1.807) is 0 Å². The second-order valence-electron chi connectivity index (χ2n) is 4.79. The summed E-state index contributed by atoms with van der Waals surface area (Å²) in [4.78, 5) is 16.8. The van der Waals surface area contributed by atoms with Gasteiger partial charge in [-0.15, -0.1) is 0 Å². The Balaban J connectivity index is 2.51. The SMILES string of the molecule is Cc1ccc(C)c(C(=O)c2cc(C)nc(C)c2)c1. The summed E-state index contributed by atoms with van der Waals surface area (Å²) in [5, 5.41) is 0. The maximum Gasteiger partial charge on any atom is 0.193 e. The molecule has 0 saturated heterocycles. The zero-order valence-corrected chi connectivity index (χ0v) is 11.2. The molecule has 0 aliphatic carbocycles. The molecule has 0 atom stereocenters. The Morgan fingerprint density at radius 1 is 0.944 bits per heavy atom. The number of carbonyl (C=O) groups excluding carboxylic acids is 1. The largest absolute Gasteiger partial charge is 0.289 e. The van der Waals surface area contributed by atoms with Gasteiger partial charge in [0.2, 0.25) is 0 Å². The monoisotopic (exact) mass is 239 g/mol. The smallest absolute Gasteiger partial charge is 0.193 e. The molecule has 0 bridgehead atoms. The van der Waals surface area contributed by atoms with Crippen molar-refractivity contribution in [3.8, 4) is 0 Å². The number of nitrogens with zero attached hydrogens (tertiary/aromatic N) is 1. The van der Waals surface area contributed by atoms with Crippen LogP contribution in [-0.2, 0) is 0 Å². The highest BCUT2D eigenvalue weighted by Gasteiger charge is 2.12. The highest BCUT2D eigenvalue weighted by Crippen LogP contribution is 2.17. The Morgan fingerprint density at radius 2 is 1.56 bits per heavy atom. The number of hydrogen-bond acceptors (Lipinski definition) is 2. The van der Waals surface area contributed by atoms with Crippen molar-refractivity contribution in [3.63, 3.8) is 0 Å². The van der Waals surface area contributed by atoms with Crippen LogP contribution in [0.15, 0.2) is 30.3 Å². The Kier molecular flexibility index (Phi) is 3.28. The molecular weight excluding hydrogens is 222 g/mol. The third kappa shape index (κ3) is 2.48. The van der Waals surface area contributed by atoms with Gasteiger partial charge in [0.1, 0.15) is 0 Å². The van der Waals surface area contributed by atoms with Crippen molar-refractivity contribution in [3.05, 3.63) is 64.0 Å². The third-order valence-corrected chi connectivity index (χ3v) is 2.98. The fourth-order valence-corrected chi connectivity index (χ4v) is 2.10. The number of hydrogen-bond donors (Lipinski definition) is 0. The fraction of sp³-hybridized carbons (Fsp3) is 0.250. The van der Waals surface area contributed by atoms with Crippen LogP contribution in [0.5, 0.6) is 0 Å². The number of aryl methyl sites for hydroxylation is 4. The van der Waals surface area contributed by atoms with Crippen molar-refractivity contribution in [2.45, 2.75) is 27.7 Å². The van der Waals surface area contributed by atoms with Crippen LogP contribution in [0.25, 0.3) is 0 Å². The van der Waals surface area contributed by atoms with Gasteiger partial charge in [-0.3, -0.25) is 9.78 Å². The maximum atomic E-state index is 12.5. The number of carbonyl (C=O) groups is 1. The molecular formula is C16H17NO. The molecule has 2 aromatic rings. The standard InChI is InChI=1S/C16H17NO/c1-10-5-6-11(2)15(7-10)16(18)14-8-12(3)17-13(4)9-14/h5-9H,1-4H3. The Bertz CT molecular complexity index is 594. The van der Waals surface area contributed by atoms with Crippen LogP contribution in [0, 0.1) is 27.7 Å². The third-order valence-electron chi connectivity index (χ3n) is 2.98. The first-order chi connectivity index (χ1) is 8.47. The molecule has 1 heterocycles. The van der Waals surface area contributed by atoms with E-state index in [4.69, 9.17) is 0 Å². The van der Waals surface area contributed by atoms with E-state index in [0.29, 0.717) is 5.56 Å². The predicted molar refractivity (Wildman–Crippen MR) is 73.1 cm³/mol. The molecule has 0 saturated carbocycles. The van der Waals surface area contributed by atoms with Crippen molar-refractivity contribution >= 4 is 5.78 Å². The first-order valence-corrected chi connectivity index (χ1v) is 6.04. The molecule has 92 valence electrons. The van der Waals surface area contributed by atoms with Gasteiger partial charge in [-0.05, 0) is 51.5 Å². The minimum absolute atomic E-state index is 0.0739. The molecule has 18 heavy (non-hydrogen) atoms. The first kappa shape index (κ1) is 12.5. The van der Waals surface area contributed by atoms with Crippen molar-refractivity contribution in [2.24, 2.45) is 0 Å². The summed E-state index contributed by atoms with van der Waals surface area (Å²) in [6.07, 6.45) is 0. The highest BCUT2D eigenvalue weighted by molar-refractivity contribution is 6.10. The minimum atomic E-state index is 0.0739. The average Bonchev–Trinajstić information content (AvgIpc) is 2.30. The van der Waals surface area contributed by atoms with E-state index in [1.807, 2.05) is 58.0 Å². The predicted octanol–water partition coefficient (Wildman–Crippen LogP) is 3.55. The summed E-state index contributed by atoms with van der Waals surface area (Å²) in [5.74, 6) is 0.0739. The summed E-state index contributed by atoms with van der Waals surface area (Å²) in [5.41, 5.74) is 5.37. The van der Waals surface area contributed by atoms with E-state index < -0.39 is 0 Å². The molecule has 0 spiro atoms.